The first kappa shape index (κ1) is 20.7. The lowest BCUT2D eigenvalue weighted by Gasteiger charge is -2.45. The molecule has 10 heteroatoms. The molecule has 0 bridgehead atoms. The number of fused-ring (bicyclic) bond motifs is 2. The number of carbonyl (C=O) groups excluding carboxylic acids is 1. The number of carbonyl (C=O) groups is 1. The van der Waals surface area contributed by atoms with Gasteiger partial charge in [-0.1, -0.05) is 30.0 Å². The van der Waals surface area contributed by atoms with Crippen LogP contribution in [0.3, 0.4) is 0 Å². The Labute approximate surface area is 173 Å². The molecule has 0 radical (unpaired) electrons. The maximum absolute atomic E-state index is 14.4. The van der Waals surface area contributed by atoms with Gasteiger partial charge in [-0.25, -0.2) is 13.8 Å². The maximum atomic E-state index is 14.4. The molecular weight excluding hydrogens is 422 g/mol. The topological polar surface area (TPSA) is 67.9 Å². The fraction of sp³-hybridized carbons (Fsp3) is 0.300. The molecular formula is C20H17F4N3O2S. The Morgan fingerprint density at radius 2 is 2.07 bits per heavy atom. The predicted molar refractivity (Wildman–Crippen MR) is 104 cm³/mol. The third-order valence-electron chi connectivity index (χ3n) is 5.09. The van der Waals surface area contributed by atoms with E-state index >= 15 is 0 Å². The van der Waals surface area contributed by atoms with E-state index in [2.05, 4.69) is 5.10 Å². The highest BCUT2D eigenvalue weighted by Gasteiger charge is 2.58. The number of benzene rings is 2. The second-order valence-corrected chi connectivity index (χ2v) is 8.07. The Kier molecular flexibility index (Phi) is 5.46. The van der Waals surface area contributed by atoms with Gasteiger partial charge in [0, 0.05) is 17.0 Å². The zero-order valence-corrected chi connectivity index (χ0v) is 16.3. The first-order chi connectivity index (χ1) is 14.4. The summed E-state index contributed by atoms with van der Waals surface area (Å²) in [5.41, 5.74) is 5.98. The van der Waals surface area contributed by atoms with Crippen molar-refractivity contribution in [3.8, 4) is 5.75 Å². The minimum atomic E-state index is -3.34. The number of nitrogens with zero attached hydrogens (tertiary/aromatic N) is 2. The Morgan fingerprint density at radius 1 is 1.30 bits per heavy atom. The van der Waals surface area contributed by atoms with Crippen LogP contribution >= 0.6 is 11.8 Å². The van der Waals surface area contributed by atoms with Gasteiger partial charge in [0.1, 0.15) is 22.4 Å². The normalized spacial score (nSPS) is 22.8. The number of nitrogens with two attached hydrogens (primary N) is 1. The van der Waals surface area contributed by atoms with E-state index in [1.165, 1.54) is 0 Å². The summed E-state index contributed by atoms with van der Waals surface area (Å²) in [6.45, 7) is 0.307. The second-order valence-electron chi connectivity index (χ2n) is 6.86. The van der Waals surface area contributed by atoms with Crippen LogP contribution in [0.15, 0.2) is 47.6 Å². The molecule has 4 rings (SSSR count). The lowest BCUT2D eigenvalue weighted by molar-refractivity contribution is -0.149. The molecule has 1 spiro atoms. The minimum absolute atomic E-state index is 0.0697. The summed E-state index contributed by atoms with van der Waals surface area (Å²) in [4.78, 5) is 11.1. The van der Waals surface area contributed by atoms with Gasteiger partial charge in [0.15, 0.2) is 4.87 Å². The highest BCUT2D eigenvalue weighted by atomic mass is 32.2. The number of hydrogen-bond acceptors (Lipinski definition) is 5. The van der Waals surface area contributed by atoms with Gasteiger partial charge in [-0.15, -0.1) is 0 Å². The van der Waals surface area contributed by atoms with Gasteiger partial charge >= 0.3 is 12.3 Å². The molecule has 2 aliphatic rings. The van der Waals surface area contributed by atoms with Crippen LogP contribution in [0.5, 0.6) is 5.75 Å². The molecule has 5 nitrogen and oxygen atoms in total. The molecule has 158 valence electrons. The van der Waals surface area contributed by atoms with Crippen molar-refractivity contribution in [3.05, 3.63) is 65.2 Å². The summed E-state index contributed by atoms with van der Waals surface area (Å²) in [6.07, 6.45) is -3.00. The first-order valence-corrected chi connectivity index (χ1v) is 9.97. The summed E-state index contributed by atoms with van der Waals surface area (Å²) >= 11 is 0.934. The van der Waals surface area contributed by atoms with E-state index in [0.29, 0.717) is 22.7 Å². The number of ether oxygens (including phenoxy) is 1. The van der Waals surface area contributed by atoms with E-state index in [0.717, 1.165) is 30.0 Å². The van der Waals surface area contributed by atoms with Crippen molar-refractivity contribution in [2.24, 2.45) is 16.8 Å². The monoisotopic (exact) mass is 439 g/mol. The number of hydrogen-bond donors (Lipinski definition) is 1. The van der Waals surface area contributed by atoms with Gasteiger partial charge in [-0.3, -0.25) is 4.79 Å². The molecule has 0 aliphatic carbocycles. The van der Waals surface area contributed by atoms with Crippen LogP contribution in [0.4, 0.5) is 17.6 Å². The molecule has 2 aromatic carbocycles. The number of rotatable bonds is 4. The van der Waals surface area contributed by atoms with Crippen LogP contribution in [0.2, 0.25) is 0 Å². The molecule has 2 aliphatic heterocycles. The van der Waals surface area contributed by atoms with E-state index in [9.17, 15) is 22.4 Å². The molecule has 2 N–H and O–H groups in total. The molecule has 30 heavy (non-hydrogen) atoms. The van der Waals surface area contributed by atoms with Gasteiger partial charge < -0.3 is 10.5 Å². The molecule has 0 fully saturated rings. The Morgan fingerprint density at radius 3 is 2.80 bits per heavy atom. The summed E-state index contributed by atoms with van der Waals surface area (Å²) in [5.74, 6) is -3.13. The molecule has 0 aromatic heterocycles. The van der Waals surface area contributed by atoms with E-state index in [1.54, 1.807) is 24.3 Å². The smallest absolute Gasteiger partial charge is 0.317 e. The largest absolute Gasteiger partial charge is 0.493 e. The molecule has 2 atom stereocenters. The molecule has 2 heterocycles. The highest BCUT2D eigenvalue weighted by Crippen LogP contribution is 2.57. The number of para-hydroxylation sites is 1. The standard InChI is InChI=1S/C20H17F4N3O2S/c21-12-5-6-15(22)13(9-12)18-26-27(19(28)17(23)24)20(30-18)11(7-8-25)10-29-16-4-2-1-3-14(16)20/h1-6,9,11,17H,7-8,10,25H2/t11-,20+/m0/s1. The maximum Gasteiger partial charge on any atom is 0.317 e. The Bertz CT molecular complexity index is 1020. The fourth-order valence-electron chi connectivity index (χ4n) is 3.77. The van der Waals surface area contributed by atoms with E-state index in [1.807, 2.05) is 0 Å². The van der Waals surface area contributed by atoms with Gasteiger partial charge in [-0.2, -0.15) is 13.9 Å². The fourth-order valence-corrected chi connectivity index (χ4v) is 5.30. The van der Waals surface area contributed by atoms with Gasteiger partial charge in [0.25, 0.3) is 0 Å². The molecule has 0 saturated heterocycles. The lowest BCUT2D eigenvalue weighted by atomic mass is 9.86. The predicted octanol–water partition coefficient (Wildman–Crippen LogP) is 3.68. The summed E-state index contributed by atoms with van der Waals surface area (Å²) in [5, 5.41) is 4.70. The molecule has 2 aromatic rings. The number of halogens is 4. The van der Waals surface area contributed by atoms with Crippen LogP contribution < -0.4 is 10.5 Å². The van der Waals surface area contributed by atoms with E-state index in [-0.39, 0.29) is 23.8 Å². The van der Waals surface area contributed by atoms with Crippen molar-refractivity contribution >= 4 is 22.7 Å². The zero-order valence-electron chi connectivity index (χ0n) is 15.5. The van der Waals surface area contributed by atoms with Crippen LogP contribution in [0, 0.1) is 17.6 Å². The SMILES string of the molecule is NCC[C@H]1COc2ccccc2[C@]12SC(c1cc(F)ccc1F)=NN2C(=O)C(F)F. The third kappa shape index (κ3) is 3.24. The lowest BCUT2D eigenvalue weighted by Crippen LogP contribution is -2.52. The Hall–Kier alpha value is -2.59. The van der Waals surface area contributed by atoms with Gasteiger partial charge in [0.2, 0.25) is 0 Å². The number of thioether (sulfide) groups is 1. The van der Waals surface area contributed by atoms with E-state index in [4.69, 9.17) is 10.5 Å². The number of hydrazone groups is 1. The summed E-state index contributed by atoms with van der Waals surface area (Å²) in [6, 6.07) is 9.49. The van der Waals surface area contributed by atoms with Crippen LogP contribution in [0.1, 0.15) is 17.5 Å². The van der Waals surface area contributed by atoms with Crippen LogP contribution in [0.25, 0.3) is 0 Å². The average Bonchev–Trinajstić information content (AvgIpc) is 3.12. The molecule has 1 amide bonds. The van der Waals surface area contributed by atoms with Crippen molar-refractivity contribution < 1.29 is 27.1 Å². The van der Waals surface area contributed by atoms with Crippen molar-refractivity contribution in [2.45, 2.75) is 17.7 Å². The van der Waals surface area contributed by atoms with Crippen molar-refractivity contribution in [3.63, 3.8) is 0 Å². The van der Waals surface area contributed by atoms with Crippen LogP contribution in [-0.4, -0.2) is 35.5 Å². The van der Waals surface area contributed by atoms with Gasteiger partial charge in [0.05, 0.1) is 6.61 Å². The van der Waals surface area contributed by atoms with Crippen molar-refractivity contribution in [1.82, 2.24) is 5.01 Å². The first-order valence-electron chi connectivity index (χ1n) is 9.16. The number of amides is 1. The quantitative estimate of drug-likeness (QED) is 0.739. The number of alkyl halides is 2. The summed E-state index contributed by atoms with van der Waals surface area (Å²) < 4.78 is 61.0. The molecule has 0 saturated carbocycles. The minimum Gasteiger partial charge on any atom is -0.493 e. The van der Waals surface area contributed by atoms with Gasteiger partial charge in [-0.05, 0) is 37.2 Å². The highest BCUT2D eigenvalue weighted by molar-refractivity contribution is 8.15. The van der Waals surface area contributed by atoms with Crippen LogP contribution in [-0.2, 0) is 9.67 Å². The molecule has 0 unspecified atom stereocenters. The van der Waals surface area contributed by atoms with Crippen molar-refractivity contribution in [2.75, 3.05) is 13.2 Å². The zero-order chi connectivity index (χ0) is 21.5. The third-order valence-corrected chi connectivity index (χ3v) is 6.63. The average molecular weight is 439 g/mol. The Balaban J connectivity index is 1.92. The summed E-state index contributed by atoms with van der Waals surface area (Å²) in [7, 11) is 0. The van der Waals surface area contributed by atoms with Crippen molar-refractivity contribution in [1.29, 1.82) is 0 Å². The second kappa shape index (κ2) is 7.92. The van der Waals surface area contributed by atoms with E-state index < -0.39 is 34.8 Å².